The molecular weight excluding hydrogens is 347 g/mol. The van der Waals surface area contributed by atoms with Gasteiger partial charge in [-0.1, -0.05) is 55.4 Å². The van der Waals surface area contributed by atoms with E-state index in [9.17, 15) is 20.4 Å². The molecule has 108 valence electrons. The summed E-state index contributed by atoms with van der Waals surface area (Å²) < 4.78 is 0. The maximum absolute atomic E-state index is 9.53. The summed E-state index contributed by atoms with van der Waals surface area (Å²) in [6.45, 7) is 12.9. The van der Waals surface area contributed by atoms with Crippen LogP contribution in [-0.2, 0) is 47.9 Å². The van der Waals surface area contributed by atoms with E-state index in [4.69, 9.17) is 0 Å². The molecule has 0 unspecified atom stereocenters. The monoisotopic (exact) mass is 374 g/mol. The summed E-state index contributed by atoms with van der Waals surface area (Å²) in [5, 5.41) is 38.1. The van der Waals surface area contributed by atoms with Crippen molar-refractivity contribution in [3.63, 3.8) is 0 Å². The molecule has 4 nitrogen and oxygen atoms in total. The minimum Gasteiger partial charge on any atom is -0.852 e. The molecule has 0 aromatic heterocycles. The topological polar surface area (TPSA) is 92.2 Å². The van der Waals surface area contributed by atoms with Gasteiger partial charge in [-0.3, -0.25) is 0 Å². The van der Waals surface area contributed by atoms with E-state index in [0.717, 1.165) is 0 Å². The summed E-state index contributed by atoms with van der Waals surface area (Å²) in [6.07, 6.45) is -1.67. The van der Waals surface area contributed by atoms with Gasteiger partial charge in [0.15, 0.2) is 0 Å². The Hall–Kier alpha value is 1.44. The van der Waals surface area contributed by atoms with Gasteiger partial charge >= 0.3 is 26.2 Å². The fraction of sp³-hybridized carbons (Fsp3) is 1.00. The largest absolute Gasteiger partial charge is 4.00 e. The van der Waals surface area contributed by atoms with Gasteiger partial charge in [-0.05, 0) is 0 Å². The van der Waals surface area contributed by atoms with Crippen molar-refractivity contribution >= 4 is 0 Å². The van der Waals surface area contributed by atoms with E-state index in [1.807, 2.05) is 0 Å². The van der Waals surface area contributed by atoms with Crippen molar-refractivity contribution in [1.82, 2.24) is 0 Å². The van der Waals surface area contributed by atoms with E-state index >= 15 is 0 Å². The summed E-state index contributed by atoms with van der Waals surface area (Å²) in [4.78, 5) is 0. The Bertz CT molecular complexity index is 67.1. The van der Waals surface area contributed by atoms with Gasteiger partial charge in [0.05, 0.1) is 0 Å². The normalized spacial score (nSPS) is 8.00. The molecule has 0 radical (unpaired) electrons. The fourth-order valence-corrected chi connectivity index (χ4v) is 0. The van der Waals surface area contributed by atoms with Gasteiger partial charge in [-0.15, -0.1) is 24.4 Å². The first-order valence-corrected chi connectivity index (χ1v) is 5.56. The van der Waals surface area contributed by atoms with Gasteiger partial charge in [-0.25, -0.2) is 0 Å². The van der Waals surface area contributed by atoms with E-state index in [-0.39, 0.29) is 47.9 Å². The maximum atomic E-state index is 9.53. The third-order valence-corrected chi connectivity index (χ3v) is 0. The van der Waals surface area contributed by atoms with Crippen molar-refractivity contribution in [2.75, 3.05) is 0 Å². The van der Waals surface area contributed by atoms with Gasteiger partial charge in [0.2, 0.25) is 0 Å². The van der Waals surface area contributed by atoms with Gasteiger partial charge in [0, 0.05) is 21.7 Å². The zero-order valence-corrected chi connectivity index (χ0v) is 17.0. The SMILES string of the molecule is CC(C)[O-].CC(C)[O-].CC(C)[O-].CC(C)[O-].[Ti].[Zr+4]. The second-order valence-electron chi connectivity index (χ2n) is 4.20. The second-order valence-corrected chi connectivity index (χ2v) is 4.20. The molecule has 0 aromatic rings. The Balaban J connectivity index is -0.0000000257. The van der Waals surface area contributed by atoms with Gasteiger partial charge in [0.1, 0.15) is 0 Å². The molecule has 0 aliphatic carbocycles. The summed E-state index contributed by atoms with van der Waals surface area (Å²) in [5.74, 6) is 0. The third kappa shape index (κ3) is 2280. The van der Waals surface area contributed by atoms with Crippen LogP contribution in [0.25, 0.3) is 0 Å². The Kier molecular flexibility index (Phi) is 63.1. The van der Waals surface area contributed by atoms with Crippen LogP contribution < -0.4 is 20.4 Å². The predicted molar refractivity (Wildman–Crippen MR) is 60.5 cm³/mol. The van der Waals surface area contributed by atoms with Crippen LogP contribution in [0.15, 0.2) is 0 Å². The molecular formula is C12H28O4TiZr. The van der Waals surface area contributed by atoms with E-state index in [2.05, 4.69) is 0 Å². The molecule has 0 N–H and O–H groups in total. The van der Waals surface area contributed by atoms with Crippen molar-refractivity contribution in [3.05, 3.63) is 0 Å². The standard InChI is InChI=1S/4C3H7O.Ti.Zr/c4*1-3(2)4;;/h4*3H,1-2H3;;/q4*-1;;+4. The molecule has 0 spiro atoms. The quantitative estimate of drug-likeness (QED) is 0.509. The van der Waals surface area contributed by atoms with Crippen LogP contribution in [0.5, 0.6) is 0 Å². The smallest absolute Gasteiger partial charge is 0.852 e. The van der Waals surface area contributed by atoms with Gasteiger partial charge in [-0.2, -0.15) is 0 Å². The average Bonchev–Trinajstić information content (AvgIpc) is 1.76. The van der Waals surface area contributed by atoms with Crippen LogP contribution >= 0.6 is 0 Å². The molecule has 18 heavy (non-hydrogen) atoms. The number of rotatable bonds is 0. The first-order valence-electron chi connectivity index (χ1n) is 5.56. The molecule has 0 saturated carbocycles. The van der Waals surface area contributed by atoms with Crippen LogP contribution in [0.3, 0.4) is 0 Å². The fourth-order valence-electron chi connectivity index (χ4n) is 0. The Morgan fingerprint density at radius 1 is 0.444 bits per heavy atom. The van der Waals surface area contributed by atoms with E-state index < -0.39 is 24.4 Å². The van der Waals surface area contributed by atoms with Crippen molar-refractivity contribution < 1.29 is 68.3 Å². The Morgan fingerprint density at radius 2 is 0.444 bits per heavy atom. The molecule has 0 aromatic carbocycles. The summed E-state index contributed by atoms with van der Waals surface area (Å²) in [6, 6.07) is 0. The molecule has 0 atom stereocenters. The van der Waals surface area contributed by atoms with Crippen LogP contribution in [-0.4, -0.2) is 24.4 Å². The number of hydrogen-bond acceptors (Lipinski definition) is 4. The van der Waals surface area contributed by atoms with E-state index in [0.29, 0.717) is 0 Å². The summed E-state index contributed by atoms with van der Waals surface area (Å²) >= 11 is 0. The average molecular weight is 375 g/mol. The van der Waals surface area contributed by atoms with Crippen molar-refractivity contribution in [1.29, 1.82) is 0 Å². The molecule has 0 bridgehead atoms. The van der Waals surface area contributed by atoms with E-state index in [1.165, 1.54) is 0 Å². The van der Waals surface area contributed by atoms with Gasteiger partial charge in [0.25, 0.3) is 0 Å². The zero-order chi connectivity index (χ0) is 14.3. The first-order chi connectivity index (χ1) is 6.93. The van der Waals surface area contributed by atoms with Crippen LogP contribution in [0.2, 0.25) is 0 Å². The minimum atomic E-state index is -0.417. The van der Waals surface area contributed by atoms with Crippen LogP contribution in [0, 0.1) is 0 Å². The zero-order valence-electron chi connectivity index (χ0n) is 12.9. The molecule has 0 aliphatic rings. The molecule has 0 rings (SSSR count). The third-order valence-electron chi connectivity index (χ3n) is 0. The molecule has 0 fully saturated rings. The van der Waals surface area contributed by atoms with Gasteiger partial charge < -0.3 is 20.4 Å². The minimum absolute atomic E-state index is 0. The Morgan fingerprint density at radius 3 is 0.444 bits per heavy atom. The summed E-state index contributed by atoms with van der Waals surface area (Å²) in [7, 11) is 0. The van der Waals surface area contributed by atoms with Crippen LogP contribution in [0.1, 0.15) is 55.4 Å². The second kappa shape index (κ2) is 31.0. The molecule has 0 heterocycles. The van der Waals surface area contributed by atoms with Crippen LogP contribution in [0.4, 0.5) is 0 Å². The summed E-state index contributed by atoms with van der Waals surface area (Å²) in [5.41, 5.74) is 0. The molecule has 0 aliphatic heterocycles. The maximum Gasteiger partial charge on any atom is 4.00 e. The molecule has 0 amide bonds. The van der Waals surface area contributed by atoms with Crippen molar-refractivity contribution in [3.8, 4) is 0 Å². The predicted octanol–water partition coefficient (Wildman–Crippen LogP) is -0.985. The first kappa shape index (κ1) is 36.6. The molecule has 6 heteroatoms. The number of hydrogen-bond donors (Lipinski definition) is 0. The Labute approximate surface area is 147 Å². The van der Waals surface area contributed by atoms with Crippen molar-refractivity contribution in [2.24, 2.45) is 0 Å². The van der Waals surface area contributed by atoms with Crippen molar-refractivity contribution in [2.45, 2.75) is 79.8 Å². The molecule has 0 saturated heterocycles. The van der Waals surface area contributed by atoms with E-state index in [1.54, 1.807) is 55.4 Å².